The van der Waals surface area contributed by atoms with Gasteiger partial charge in [-0.2, -0.15) is 5.10 Å². The van der Waals surface area contributed by atoms with Crippen LogP contribution in [0.1, 0.15) is 19.2 Å². The third kappa shape index (κ3) is 3.10. The molecular formula is C15H18N6. The van der Waals surface area contributed by atoms with Crippen LogP contribution in [0, 0.1) is 0 Å². The van der Waals surface area contributed by atoms with E-state index in [-0.39, 0.29) is 0 Å². The minimum Gasteiger partial charge on any atom is -0.378 e. The number of hydrogen-bond donors (Lipinski definition) is 1. The minimum atomic E-state index is 0.718. The van der Waals surface area contributed by atoms with Crippen LogP contribution in [0.2, 0.25) is 0 Å². The van der Waals surface area contributed by atoms with E-state index in [4.69, 9.17) is 0 Å². The van der Waals surface area contributed by atoms with Gasteiger partial charge in [0.15, 0.2) is 0 Å². The number of anilines is 1. The predicted molar refractivity (Wildman–Crippen MR) is 81.2 cm³/mol. The molecule has 0 atom stereocenters. The van der Waals surface area contributed by atoms with Gasteiger partial charge >= 0.3 is 0 Å². The van der Waals surface area contributed by atoms with Crippen molar-refractivity contribution in [2.75, 3.05) is 5.32 Å². The molecule has 108 valence electrons. The molecule has 0 saturated carbocycles. The molecule has 0 unspecified atom stereocenters. The van der Waals surface area contributed by atoms with Crippen LogP contribution < -0.4 is 5.32 Å². The van der Waals surface area contributed by atoms with E-state index in [0.717, 1.165) is 36.7 Å². The fraction of sp³-hybridized carbons (Fsp3) is 0.267. The largest absolute Gasteiger partial charge is 0.378 e. The Morgan fingerprint density at radius 1 is 1.19 bits per heavy atom. The smallest absolute Gasteiger partial charge is 0.138 e. The quantitative estimate of drug-likeness (QED) is 0.754. The van der Waals surface area contributed by atoms with Gasteiger partial charge in [-0.1, -0.05) is 6.92 Å². The van der Waals surface area contributed by atoms with Gasteiger partial charge in [0.2, 0.25) is 0 Å². The van der Waals surface area contributed by atoms with E-state index >= 15 is 0 Å². The van der Waals surface area contributed by atoms with Crippen molar-refractivity contribution in [2.45, 2.75) is 26.4 Å². The van der Waals surface area contributed by atoms with Gasteiger partial charge in [-0.05, 0) is 30.7 Å². The molecule has 3 aromatic rings. The lowest BCUT2D eigenvalue weighted by molar-refractivity contribution is 0.644. The highest BCUT2D eigenvalue weighted by atomic mass is 15.3. The molecule has 0 fully saturated rings. The van der Waals surface area contributed by atoms with Crippen LogP contribution in [-0.2, 0) is 13.1 Å². The van der Waals surface area contributed by atoms with Gasteiger partial charge in [0, 0.05) is 24.6 Å². The van der Waals surface area contributed by atoms with Crippen molar-refractivity contribution in [1.82, 2.24) is 24.3 Å². The van der Waals surface area contributed by atoms with Gasteiger partial charge in [-0.3, -0.25) is 0 Å². The second-order valence-electron chi connectivity index (χ2n) is 4.78. The van der Waals surface area contributed by atoms with E-state index in [1.165, 1.54) is 6.33 Å². The van der Waals surface area contributed by atoms with Gasteiger partial charge in [0.25, 0.3) is 0 Å². The second-order valence-corrected chi connectivity index (χ2v) is 4.78. The molecule has 2 aromatic heterocycles. The van der Waals surface area contributed by atoms with E-state index in [1.807, 2.05) is 36.7 Å². The fourth-order valence-corrected chi connectivity index (χ4v) is 2.21. The number of aryl methyl sites for hydroxylation is 1. The third-order valence-corrected chi connectivity index (χ3v) is 3.27. The summed E-state index contributed by atoms with van der Waals surface area (Å²) in [5, 5.41) is 7.50. The van der Waals surface area contributed by atoms with E-state index in [0.29, 0.717) is 0 Å². The zero-order chi connectivity index (χ0) is 14.5. The Hall–Kier alpha value is -2.63. The Kier molecular flexibility index (Phi) is 3.95. The molecule has 0 saturated heterocycles. The molecule has 6 heteroatoms. The number of imidazole rings is 1. The highest BCUT2D eigenvalue weighted by Gasteiger charge is 2.02. The molecule has 21 heavy (non-hydrogen) atoms. The lowest BCUT2D eigenvalue weighted by atomic mass is 10.3. The zero-order valence-corrected chi connectivity index (χ0v) is 12.0. The Bertz CT molecular complexity index is 669. The molecule has 0 spiro atoms. The third-order valence-electron chi connectivity index (χ3n) is 3.27. The lowest BCUT2D eigenvalue weighted by Gasteiger charge is -2.09. The lowest BCUT2D eigenvalue weighted by Crippen LogP contribution is -2.08. The van der Waals surface area contributed by atoms with Crippen LogP contribution in [0.3, 0.4) is 0 Å². The van der Waals surface area contributed by atoms with Crippen LogP contribution in [0.25, 0.3) is 5.69 Å². The monoisotopic (exact) mass is 282 g/mol. The summed E-state index contributed by atoms with van der Waals surface area (Å²) in [6, 6.07) is 8.08. The molecule has 2 heterocycles. The molecular weight excluding hydrogens is 264 g/mol. The van der Waals surface area contributed by atoms with Crippen LogP contribution in [-0.4, -0.2) is 24.3 Å². The van der Waals surface area contributed by atoms with Crippen LogP contribution >= 0.6 is 0 Å². The highest BCUT2D eigenvalue weighted by Crippen LogP contribution is 2.13. The van der Waals surface area contributed by atoms with Gasteiger partial charge in [-0.25, -0.2) is 14.6 Å². The van der Waals surface area contributed by atoms with Crippen molar-refractivity contribution < 1.29 is 0 Å². The van der Waals surface area contributed by atoms with E-state index in [1.54, 1.807) is 11.0 Å². The number of aromatic nitrogens is 5. The number of benzene rings is 1. The van der Waals surface area contributed by atoms with Gasteiger partial charge in [0.05, 0.1) is 12.2 Å². The predicted octanol–water partition coefficient (Wildman–Crippen LogP) is 2.49. The zero-order valence-electron chi connectivity index (χ0n) is 12.0. The van der Waals surface area contributed by atoms with E-state index in [2.05, 4.69) is 31.9 Å². The summed E-state index contributed by atoms with van der Waals surface area (Å²) < 4.78 is 3.91. The summed E-state index contributed by atoms with van der Waals surface area (Å²) in [4.78, 5) is 8.33. The maximum absolute atomic E-state index is 4.39. The maximum atomic E-state index is 4.39. The minimum absolute atomic E-state index is 0.718. The first-order valence-corrected chi connectivity index (χ1v) is 7.06. The van der Waals surface area contributed by atoms with Crippen LogP contribution in [0.15, 0.2) is 49.3 Å². The summed E-state index contributed by atoms with van der Waals surface area (Å²) in [5.41, 5.74) is 2.05. The molecule has 0 amide bonds. The van der Waals surface area contributed by atoms with Crippen molar-refractivity contribution >= 4 is 5.69 Å². The van der Waals surface area contributed by atoms with Gasteiger partial charge in [-0.15, -0.1) is 0 Å². The summed E-state index contributed by atoms with van der Waals surface area (Å²) in [6.45, 7) is 3.89. The average Bonchev–Trinajstić information content (AvgIpc) is 3.18. The number of nitrogens with one attached hydrogen (secondary N) is 1. The molecule has 1 aromatic carbocycles. The Morgan fingerprint density at radius 2 is 2.05 bits per heavy atom. The Balaban J connectivity index is 1.64. The summed E-state index contributed by atoms with van der Waals surface area (Å²) in [6.07, 6.45) is 8.19. The highest BCUT2D eigenvalue weighted by molar-refractivity contribution is 5.48. The average molecular weight is 282 g/mol. The van der Waals surface area contributed by atoms with Gasteiger partial charge in [0.1, 0.15) is 18.5 Å². The van der Waals surface area contributed by atoms with E-state index in [9.17, 15) is 0 Å². The molecule has 0 bridgehead atoms. The Labute approximate surface area is 123 Å². The van der Waals surface area contributed by atoms with Gasteiger partial charge < -0.3 is 9.88 Å². The topological polar surface area (TPSA) is 60.6 Å². The molecule has 0 aliphatic carbocycles. The number of rotatable bonds is 6. The molecule has 0 aliphatic heterocycles. The van der Waals surface area contributed by atoms with Crippen LogP contribution in [0.5, 0.6) is 0 Å². The number of hydrogen-bond acceptors (Lipinski definition) is 4. The normalized spacial score (nSPS) is 10.7. The molecule has 6 nitrogen and oxygen atoms in total. The number of nitrogens with zero attached hydrogens (tertiary/aromatic N) is 5. The van der Waals surface area contributed by atoms with Crippen molar-refractivity contribution in [3.63, 3.8) is 0 Å². The van der Waals surface area contributed by atoms with Crippen molar-refractivity contribution in [1.29, 1.82) is 0 Å². The fourth-order valence-electron chi connectivity index (χ4n) is 2.21. The van der Waals surface area contributed by atoms with Crippen molar-refractivity contribution in [3.05, 3.63) is 55.1 Å². The first kappa shape index (κ1) is 13.4. The summed E-state index contributed by atoms with van der Waals surface area (Å²) in [5.74, 6) is 1.05. The molecule has 3 rings (SSSR count). The molecule has 0 aliphatic rings. The second kappa shape index (κ2) is 6.21. The standard InChI is InChI=1S/C15H18N6/c1-2-8-20-9-7-17-15(20)10-18-13-3-5-14(6-4-13)21-12-16-11-19-21/h3-7,9,11-12,18H,2,8,10H2,1H3. The van der Waals surface area contributed by atoms with Crippen molar-refractivity contribution in [3.8, 4) is 5.69 Å². The van der Waals surface area contributed by atoms with Crippen molar-refractivity contribution in [2.24, 2.45) is 0 Å². The molecule has 0 radical (unpaired) electrons. The molecule has 1 N–H and O–H groups in total. The SMILES string of the molecule is CCCn1ccnc1CNc1ccc(-n2cncn2)cc1. The summed E-state index contributed by atoms with van der Waals surface area (Å²) >= 11 is 0. The Morgan fingerprint density at radius 3 is 2.76 bits per heavy atom. The van der Waals surface area contributed by atoms with E-state index < -0.39 is 0 Å². The summed E-state index contributed by atoms with van der Waals surface area (Å²) in [7, 11) is 0. The first-order valence-electron chi connectivity index (χ1n) is 7.06. The first-order chi connectivity index (χ1) is 10.4. The maximum Gasteiger partial charge on any atom is 0.138 e. The van der Waals surface area contributed by atoms with Crippen LogP contribution in [0.4, 0.5) is 5.69 Å².